The minimum Gasteiger partial charge on any atom is -0.320 e. The molecule has 0 fully saturated rings. The first-order valence-electron chi connectivity index (χ1n) is 5.11. The average Bonchev–Trinajstić information content (AvgIpc) is 2.33. The summed E-state index contributed by atoms with van der Waals surface area (Å²) < 4.78 is 13.3. The highest BCUT2D eigenvalue weighted by Gasteiger charge is 2.12. The van der Waals surface area contributed by atoms with Crippen LogP contribution in [0.15, 0.2) is 30.7 Å². The number of pyridine rings is 2. The Balaban J connectivity index is 2.24. The summed E-state index contributed by atoms with van der Waals surface area (Å²) >= 11 is 5.70. The SMILES string of the molecule is Cc1cc(Cl)ncc1NC(=O)c1ccncc1F. The fourth-order valence-electron chi connectivity index (χ4n) is 1.40. The first kappa shape index (κ1) is 12.4. The normalized spacial score (nSPS) is 10.2. The standard InChI is InChI=1S/C12H9ClFN3O/c1-7-4-11(13)16-6-10(7)17-12(18)8-2-3-15-5-9(8)14/h2-6H,1H3,(H,17,18). The van der Waals surface area contributed by atoms with E-state index in [0.29, 0.717) is 10.8 Å². The maximum absolute atomic E-state index is 13.3. The van der Waals surface area contributed by atoms with Gasteiger partial charge in [0, 0.05) is 6.20 Å². The Morgan fingerprint density at radius 2 is 2.22 bits per heavy atom. The van der Waals surface area contributed by atoms with E-state index in [1.807, 2.05) is 0 Å². The summed E-state index contributed by atoms with van der Waals surface area (Å²) in [6.45, 7) is 1.77. The number of nitrogens with one attached hydrogen (secondary N) is 1. The number of amides is 1. The third-order valence-electron chi connectivity index (χ3n) is 2.34. The fraction of sp³-hybridized carbons (Fsp3) is 0.0833. The van der Waals surface area contributed by atoms with Crippen LogP contribution in [0.5, 0.6) is 0 Å². The zero-order valence-electron chi connectivity index (χ0n) is 9.45. The molecule has 6 heteroatoms. The molecule has 18 heavy (non-hydrogen) atoms. The van der Waals surface area contributed by atoms with Crippen LogP contribution in [-0.4, -0.2) is 15.9 Å². The summed E-state index contributed by atoms with van der Waals surface area (Å²) in [6.07, 6.45) is 3.77. The van der Waals surface area contributed by atoms with Crippen molar-refractivity contribution in [3.8, 4) is 0 Å². The maximum atomic E-state index is 13.3. The molecular formula is C12H9ClFN3O. The zero-order chi connectivity index (χ0) is 13.1. The molecule has 0 aliphatic rings. The maximum Gasteiger partial charge on any atom is 0.258 e. The molecule has 2 aromatic rings. The molecule has 1 amide bonds. The predicted molar refractivity (Wildman–Crippen MR) is 66.1 cm³/mol. The summed E-state index contributed by atoms with van der Waals surface area (Å²) in [6, 6.07) is 2.92. The number of nitrogens with zero attached hydrogens (tertiary/aromatic N) is 2. The van der Waals surface area contributed by atoms with Gasteiger partial charge in [-0.3, -0.25) is 9.78 Å². The average molecular weight is 266 g/mol. The summed E-state index contributed by atoms with van der Waals surface area (Å²) in [5, 5.41) is 2.90. The molecule has 2 rings (SSSR count). The van der Waals surface area contributed by atoms with Gasteiger partial charge in [-0.15, -0.1) is 0 Å². The minimum absolute atomic E-state index is 0.0700. The topological polar surface area (TPSA) is 54.9 Å². The number of carbonyl (C=O) groups excluding carboxylic acids is 1. The number of hydrogen-bond acceptors (Lipinski definition) is 3. The highest BCUT2D eigenvalue weighted by Crippen LogP contribution is 2.18. The van der Waals surface area contributed by atoms with Crippen LogP contribution in [0, 0.1) is 12.7 Å². The summed E-state index contributed by atoms with van der Waals surface area (Å²) in [7, 11) is 0. The van der Waals surface area contributed by atoms with Gasteiger partial charge < -0.3 is 5.32 Å². The van der Waals surface area contributed by atoms with Crippen LogP contribution >= 0.6 is 11.6 Å². The molecule has 2 aromatic heterocycles. The van der Waals surface area contributed by atoms with Crippen LogP contribution in [0.1, 0.15) is 15.9 Å². The molecule has 2 heterocycles. The van der Waals surface area contributed by atoms with Gasteiger partial charge >= 0.3 is 0 Å². The van der Waals surface area contributed by atoms with Crippen molar-refractivity contribution in [2.24, 2.45) is 0 Å². The Kier molecular flexibility index (Phi) is 3.53. The van der Waals surface area contributed by atoms with E-state index in [9.17, 15) is 9.18 Å². The van der Waals surface area contributed by atoms with Gasteiger partial charge in [-0.2, -0.15) is 0 Å². The van der Waals surface area contributed by atoms with Crippen molar-refractivity contribution >= 4 is 23.2 Å². The molecule has 1 N–H and O–H groups in total. The van der Waals surface area contributed by atoms with Crippen molar-refractivity contribution < 1.29 is 9.18 Å². The highest BCUT2D eigenvalue weighted by molar-refractivity contribution is 6.29. The van der Waals surface area contributed by atoms with E-state index in [2.05, 4.69) is 15.3 Å². The van der Waals surface area contributed by atoms with Crippen LogP contribution in [0.25, 0.3) is 0 Å². The van der Waals surface area contributed by atoms with Gasteiger partial charge in [0.05, 0.1) is 23.6 Å². The second-order valence-electron chi connectivity index (χ2n) is 3.63. The zero-order valence-corrected chi connectivity index (χ0v) is 10.2. The molecule has 0 aromatic carbocycles. The minimum atomic E-state index is -0.672. The van der Waals surface area contributed by atoms with E-state index in [0.717, 1.165) is 11.8 Å². The lowest BCUT2D eigenvalue weighted by molar-refractivity contribution is 0.102. The van der Waals surface area contributed by atoms with Crippen LogP contribution in [-0.2, 0) is 0 Å². The molecule has 0 unspecified atom stereocenters. The summed E-state index contributed by atoms with van der Waals surface area (Å²) in [5.74, 6) is -1.23. The molecule has 0 aliphatic carbocycles. The third kappa shape index (κ3) is 2.62. The second kappa shape index (κ2) is 5.10. The third-order valence-corrected chi connectivity index (χ3v) is 2.55. The number of aryl methyl sites for hydroxylation is 1. The second-order valence-corrected chi connectivity index (χ2v) is 4.02. The number of aromatic nitrogens is 2. The van der Waals surface area contributed by atoms with Crippen LogP contribution in [0.3, 0.4) is 0 Å². The van der Waals surface area contributed by atoms with Crippen LogP contribution in [0.2, 0.25) is 5.15 Å². The Morgan fingerprint density at radius 1 is 1.44 bits per heavy atom. The van der Waals surface area contributed by atoms with Gasteiger partial charge in [0.15, 0.2) is 5.82 Å². The van der Waals surface area contributed by atoms with Crippen LogP contribution in [0.4, 0.5) is 10.1 Å². The van der Waals surface area contributed by atoms with E-state index in [1.165, 1.54) is 18.5 Å². The van der Waals surface area contributed by atoms with Gasteiger partial charge in [-0.25, -0.2) is 9.37 Å². The first-order chi connectivity index (χ1) is 8.58. The van der Waals surface area contributed by atoms with Crippen molar-refractivity contribution in [3.63, 3.8) is 0 Å². The van der Waals surface area contributed by atoms with Gasteiger partial charge in [-0.1, -0.05) is 11.6 Å². The monoisotopic (exact) mass is 265 g/mol. The lowest BCUT2D eigenvalue weighted by atomic mass is 10.2. The van der Waals surface area contributed by atoms with Crippen LogP contribution < -0.4 is 5.32 Å². The molecule has 0 atom stereocenters. The molecule has 4 nitrogen and oxygen atoms in total. The van der Waals surface area contributed by atoms with Gasteiger partial charge in [0.2, 0.25) is 0 Å². The molecule has 0 spiro atoms. The smallest absolute Gasteiger partial charge is 0.258 e. The number of hydrogen-bond donors (Lipinski definition) is 1. The summed E-state index contributed by atoms with van der Waals surface area (Å²) in [4.78, 5) is 19.3. The molecule has 0 saturated heterocycles. The number of halogens is 2. The lowest BCUT2D eigenvalue weighted by Crippen LogP contribution is -2.14. The fourth-order valence-corrected chi connectivity index (χ4v) is 1.61. The predicted octanol–water partition coefficient (Wildman–Crippen LogP) is 2.83. The number of anilines is 1. The molecule has 0 bridgehead atoms. The van der Waals surface area contributed by atoms with Crippen molar-refractivity contribution in [1.82, 2.24) is 9.97 Å². The van der Waals surface area contributed by atoms with Crippen molar-refractivity contribution in [1.29, 1.82) is 0 Å². The van der Waals surface area contributed by atoms with Crippen molar-refractivity contribution in [2.45, 2.75) is 6.92 Å². The van der Waals surface area contributed by atoms with E-state index in [-0.39, 0.29) is 5.56 Å². The Hall–Kier alpha value is -2.01. The van der Waals surface area contributed by atoms with Crippen molar-refractivity contribution in [3.05, 3.63) is 52.8 Å². The molecule has 92 valence electrons. The lowest BCUT2D eigenvalue weighted by Gasteiger charge is -2.08. The highest BCUT2D eigenvalue weighted by atomic mass is 35.5. The molecular weight excluding hydrogens is 257 g/mol. The van der Waals surface area contributed by atoms with Gasteiger partial charge in [-0.05, 0) is 24.6 Å². The Morgan fingerprint density at radius 3 is 2.89 bits per heavy atom. The Labute approximate surface area is 108 Å². The number of carbonyl (C=O) groups is 1. The van der Waals surface area contributed by atoms with E-state index in [1.54, 1.807) is 13.0 Å². The quantitative estimate of drug-likeness (QED) is 0.850. The van der Waals surface area contributed by atoms with E-state index >= 15 is 0 Å². The van der Waals surface area contributed by atoms with Gasteiger partial charge in [0.1, 0.15) is 5.15 Å². The van der Waals surface area contributed by atoms with E-state index < -0.39 is 11.7 Å². The first-order valence-corrected chi connectivity index (χ1v) is 5.48. The largest absolute Gasteiger partial charge is 0.320 e. The van der Waals surface area contributed by atoms with E-state index in [4.69, 9.17) is 11.6 Å². The van der Waals surface area contributed by atoms with Gasteiger partial charge in [0.25, 0.3) is 5.91 Å². The number of rotatable bonds is 2. The molecule has 0 radical (unpaired) electrons. The molecule has 0 aliphatic heterocycles. The summed E-state index contributed by atoms with van der Waals surface area (Å²) in [5.41, 5.74) is 1.16. The van der Waals surface area contributed by atoms with Crippen molar-refractivity contribution in [2.75, 3.05) is 5.32 Å². The molecule has 0 saturated carbocycles. The Bertz CT molecular complexity index is 604.